The molecule has 0 radical (unpaired) electrons. The third kappa shape index (κ3) is 2.23. The molecule has 1 aliphatic carbocycles. The van der Waals surface area contributed by atoms with Crippen molar-refractivity contribution in [2.24, 2.45) is 0 Å². The van der Waals surface area contributed by atoms with Crippen LogP contribution < -0.4 is 0 Å². The molecular formula is C15H18N2O2. The summed E-state index contributed by atoms with van der Waals surface area (Å²) in [6, 6.07) is 5.22. The lowest BCUT2D eigenvalue weighted by molar-refractivity contribution is 0.0697. The van der Waals surface area contributed by atoms with Crippen LogP contribution in [0.25, 0.3) is 11.0 Å². The molecule has 1 heterocycles. The molecule has 2 aromatic rings. The van der Waals surface area contributed by atoms with E-state index in [2.05, 4.69) is 11.5 Å². The third-order valence-electron chi connectivity index (χ3n) is 3.70. The van der Waals surface area contributed by atoms with E-state index in [9.17, 15) is 4.79 Å². The fourth-order valence-electron chi connectivity index (χ4n) is 2.48. The molecule has 1 N–H and O–H groups in total. The van der Waals surface area contributed by atoms with Crippen LogP contribution in [0.3, 0.4) is 0 Å². The van der Waals surface area contributed by atoms with Gasteiger partial charge in [0.15, 0.2) is 0 Å². The molecule has 0 saturated heterocycles. The van der Waals surface area contributed by atoms with E-state index in [0.717, 1.165) is 36.2 Å². The predicted octanol–water partition coefficient (Wildman–Crippen LogP) is 3.41. The fourth-order valence-corrected chi connectivity index (χ4v) is 2.48. The van der Waals surface area contributed by atoms with Crippen molar-refractivity contribution < 1.29 is 9.90 Å². The molecule has 0 unspecified atom stereocenters. The average molecular weight is 258 g/mol. The standard InChI is InChI=1S/C15H18N2O2/c1-2-3-8-17-13-9-11(15(18)19)6-7-12(13)16-14(17)10-4-5-10/h6-7,9-10H,2-5,8H2,1H3,(H,18,19). The highest BCUT2D eigenvalue weighted by atomic mass is 16.4. The Morgan fingerprint density at radius 2 is 2.26 bits per heavy atom. The van der Waals surface area contributed by atoms with Gasteiger partial charge >= 0.3 is 5.97 Å². The van der Waals surface area contributed by atoms with E-state index in [1.807, 2.05) is 6.07 Å². The zero-order valence-corrected chi connectivity index (χ0v) is 11.1. The first-order valence-corrected chi connectivity index (χ1v) is 6.94. The Hall–Kier alpha value is -1.84. The molecular weight excluding hydrogens is 240 g/mol. The summed E-state index contributed by atoms with van der Waals surface area (Å²) in [5.41, 5.74) is 2.23. The summed E-state index contributed by atoms with van der Waals surface area (Å²) in [4.78, 5) is 15.8. The van der Waals surface area contributed by atoms with E-state index in [0.29, 0.717) is 11.5 Å². The second-order valence-corrected chi connectivity index (χ2v) is 5.26. The summed E-state index contributed by atoms with van der Waals surface area (Å²) in [6.45, 7) is 3.10. The molecule has 4 heteroatoms. The van der Waals surface area contributed by atoms with Crippen molar-refractivity contribution in [2.75, 3.05) is 0 Å². The maximum absolute atomic E-state index is 11.1. The van der Waals surface area contributed by atoms with Gasteiger partial charge in [0.2, 0.25) is 0 Å². The first kappa shape index (κ1) is 12.2. The summed E-state index contributed by atoms with van der Waals surface area (Å²) < 4.78 is 2.23. The fraction of sp³-hybridized carbons (Fsp3) is 0.467. The number of carbonyl (C=O) groups is 1. The summed E-state index contributed by atoms with van der Waals surface area (Å²) in [7, 11) is 0. The van der Waals surface area contributed by atoms with Crippen molar-refractivity contribution in [1.29, 1.82) is 0 Å². The highest BCUT2D eigenvalue weighted by Gasteiger charge is 2.29. The van der Waals surface area contributed by atoms with E-state index < -0.39 is 5.97 Å². The average Bonchev–Trinajstić information content (AvgIpc) is 3.18. The number of aromatic nitrogens is 2. The van der Waals surface area contributed by atoms with Crippen molar-refractivity contribution in [1.82, 2.24) is 9.55 Å². The molecule has 1 aromatic heterocycles. The zero-order chi connectivity index (χ0) is 13.4. The van der Waals surface area contributed by atoms with Crippen molar-refractivity contribution in [3.05, 3.63) is 29.6 Å². The van der Waals surface area contributed by atoms with Gasteiger partial charge in [-0.3, -0.25) is 0 Å². The lowest BCUT2D eigenvalue weighted by Gasteiger charge is -2.07. The number of imidazole rings is 1. The topological polar surface area (TPSA) is 55.1 Å². The van der Waals surface area contributed by atoms with Crippen molar-refractivity contribution in [3.63, 3.8) is 0 Å². The van der Waals surface area contributed by atoms with E-state index in [1.165, 1.54) is 12.8 Å². The minimum absolute atomic E-state index is 0.340. The van der Waals surface area contributed by atoms with Gasteiger partial charge in [-0.1, -0.05) is 13.3 Å². The Morgan fingerprint density at radius 3 is 2.89 bits per heavy atom. The predicted molar refractivity (Wildman–Crippen MR) is 73.6 cm³/mol. The van der Waals surface area contributed by atoms with Gasteiger partial charge in [-0.15, -0.1) is 0 Å². The molecule has 0 bridgehead atoms. The van der Waals surface area contributed by atoms with Gasteiger partial charge in [0, 0.05) is 12.5 Å². The second-order valence-electron chi connectivity index (χ2n) is 5.26. The van der Waals surface area contributed by atoms with Crippen LogP contribution in [0.2, 0.25) is 0 Å². The molecule has 4 nitrogen and oxygen atoms in total. The SMILES string of the molecule is CCCCn1c(C2CC2)nc2ccc(C(=O)O)cc21. The Morgan fingerprint density at radius 1 is 1.47 bits per heavy atom. The minimum atomic E-state index is -0.877. The Bertz CT molecular complexity index is 626. The molecule has 0 aliphatic heterocycles. The van der Waals surface area contributed by atoms with Crippen LogP contribution >= 0.6 is 0 Å². The molecule has 100 valence electrons. The normalized spacial score (nSPS) is 15.0. The number of fused-ring (bicyclic) bond motifs is 1. The van der Waals surface area contributed by atoms with Gasteiger partial charge in [0.05, 0.1) is 16.6 Å². The van der Waals surface area contributed by atoms with E-state index in [-0.39, 0.29) is 0 Å². The van der Waals surface area contributed by atoms with Gasteiger partial charge in [-0.25, -0.2) is 9.78 Å². The molecule has 0 spiro atoms. The van der Waals surface area contributed by atoms with Crippen LogP contribution in [-0.2, 0) is 6.54 Å². The van der Waals surface area contributed by atoms with E-state index in [1.54, 1.807) is 12.1 Å². The van der Waals surface area contributed by atoms with Crippen LogP contribution in [0, 0.1) is 0 Å². The number of nitrogens with zero attached hydrogens (tertiary/aromatic N) is 2. The highest BCUT2D eigenvalue weighted by Crippen LogP contribution is 2.40. The zero-order valence-electron chi connectivity index (χ0n) is 11.1. The number of hydrogen-bond acceptors (Lipinski definition) is 2. The van der Waals surface area contributed by atoms with E-state index >= 15 is 0 Å². The van der Waals surface area contributed by atoms with Crippen LogP contribution in [0.5, 0.6) is 0 Å². The molecule has 19 heavy (non-hydrogen) atoms. The van der Waals surface area contributed by atoms with Gasteiger partial charge in [-0.05, 0) is 37.5 Å². The number of benzene rings is 1. The summed E-state index contributed by atoms with van der Waals surface area (Å²) >= 11 is 0. The minimum Gasteiger partial charge on any atom is -0.478 e. The second kappa shape index (κ2) is 4.68. The monoisotopic (exact) mass is 258 g/mol. The number of unbranched alkanes of at least 4 members (excludes halogenated alkanes) is 1. The number of carboxylic acid groups (broad SMARTS) is 1. The number of hydrogen-bond donors (Lipinski definition) is 1. The Labute approximate surface area is 112 Å². The largest absolute Gasteiger partial charge is 0.478 e. The summed E-state index contributed by atoms with van der Waals surface area (Å²) in [5.74, 6) is 0.849. The number of aryl methyl sites for hydroxylation is 1. The van der Waals surface area contributed by atoms with Crippen LogP contribution in [-0.4, -0.2) is 20.6 Å². The first-order valence-electron chi connectivity index (χ1n) is 6.94. The first-order chi connectivity index (χ1) is 9.20. The molecule has 1 fully saturated rings. The van der Waals surface area contributed by atoms with Crippen molar-refractivity contribution in [3.8, 4) is 0 Å². The van der Waals surface area contributed by atoms with Crippen LogP contribution in [0.4, 0.5) is 0 Å². The van der Waals surface area contributed by atoms with Crippen LogP contribution in [0.1, 0.15) is 54.7 Å². The van der Waals surface area contributed by atoms with Gasteiger partial charge in [0.25, 0.3) is 0 Å². The lowest BCUT2D eigenvalue weighted by Crippen LogP contribution is -2.03. The Balaban J connectivity index is 2.11. The third-order valence-corrected chi connectivity index (χ3v) is 3.70. The van der Waals surface area contributed by atoms with Crippen LogP contribution in [0.15, 0.2) is 18.2 Å². The maximum atomic E-state index is 11.1. The maximum Gasteiger partial charge on any atom is 0.335 e. The molecule has 1 saturated carbocycles. The number of rotatable bonds is 5. The van der Waals surface area contributed by atoms with Gasteiger partial charge in [0.1, 0.15) is 5.82 Å². The van der Waals surface area contributed by atoms with Crippen molar-refractivity contribution in [2.45, 2.75) is 45.1 Å². The molecule has 3 rings (SSSR count). The summed E-state index contributed by atoms with van der Waals surface area (Å²) in [6.07, 6.45) is 4.65. The molecule has 0 amide bonds. The number of carboxylic acids is 1. The Kier molecular flexibility index (Phi) is 3.01. The smallest absolute Gasteiger partial charge is 0.335 e. The van der Waals surface area contributed by atoms with Gasteiger partial charge in [-0.2, -0.15) is 0 Å². The summed E-state index contributed by atoms with van der Waals surface area (Å²) in [5, 5.41) is 9.11. The number of aromatic carboxylic acids is 1. The lowest BCUT2D eigenvalue weighted by atomic mass is 10.2. The van der Waals surface area contributed by atoms with E-state index in [4.69, 9.17) is 10.1 Å². The van der Waals surface area contributed by atoms with Gasteiger partial charge < -0.3 is 9.67 Å². The van der Waals surface area contributed by atoms with Crippen molar-refractivity contribution >= 4 is 17.0 Å². The molecule has 0 atom stereocenters. The molecule has 1 aromatic carbocycles. The highest BCUT2D eigenvalue weighted by molar-refractivity contribution is 5.92. The molecule has 1 aliphatic rings. The quantitative estimate of drug-likeness (QED) is 0.894.